The number of halogens is 1. The van der Waals surface area contributed by atoms with Crippen LogP contribution in [-0.4, -0.2) is 23.9 Å². The molecule has 102 valence electrons. The van der Waals surface area contributed by atoms with Crippen molar-refractivity contribution < 1.29 is 9.59 Å². The number of piperazine rings is 1. The van der Waals surface area contributed by atoms with Crippen molar-refractivity contribution in [2.75, 3.05) is 11.4 Å². The van der Waals surface area contributed by atoms with Gasteiger partial charge in [-0.3, -0.25) is 14.9 Å². The van der Waals surface area contributed by atoms with E-state index < -0.39 is 5.54 Å². The van der Waals surface area contributed by atoms with Crippen LogP contribution in [0.4, 0.5) is 5.69 Å². The molecule has 0 atom stereocenters. The molecule has 5 nitrogen and oxygen atoms in total. The number of carbonyl (C=O) groups is 2. The van der Waals surface area contributed by atoms with Gasteiger partial charge in [-0.05, 0) is 31.5 Å². The second-order valence-electron chi connectivity index (χ2n) is 5.00. The van der Waals surface area contributed by atoms with Crippen molar-refractivity contribution in [1.29, 1.82) is 0 Å². The van der Waals surface area contributed by atoms with Crippen LogP contribution in [0.3, 0.4) is 0 Å². The van der Waals surface area contributed by atoms with Crippen LogP contribution in [0.1, 0.15) is 19.4 Å². The number of rotatable bonds is 2. The summed E-state index contributed by atoms with van der Waals surface area (Å²) in [6.07, 6.45) is 0. The van der Waals surface area contributed by atoms with Crippen molar-refractivity contribution in [2.24, 2.45) is 5.73 Å². The Morgan fingerprint density at radius 2 is 2.11 bits per heavy atom. The maximum absolute atomic E-state index is 12.0. The number of hydrogen-bond acceptors (Lipinski definition) is 4. The van der Waals surface area contributed by atoms with E-state index >= 15 is 0 Å². The Balaban J connectivity index is 2.52. The number of anilines is 1. The summed E-state index contributed by atoms with van der Waals surface area (Å²) < 4.78 is 0. The molecule has 3 N–H and O–H groups in total. The van der Waals surface area contributed by atoms with Crippen molar-refractivity contribution in [3.8, 4) is 0 Å². The Morgan fingerprint density at radius 3 is 2.74 bits per heavy atom. The van der Waals surface area contributed by atoms with Gasteiger partial charge in [0.1, 0.15) is 5.54 Å². The van der Waals surface area contributed by atoms with E-state index in [9.17, 15) is 9.59 Å². The molecule has 1 aromatic rings. The lowest BCUT2D eigenvalue weighted by Crippen LogP contribution is -2.64. The standard InChI is InChI=1S/C13H16ClN3O2/c1-13(2)12(19)16-11(18)7-17(13)10-5-9(14)4-3-8(10)6-15/h3-5H,6-7,15H2,1-2H3,(H,16,18,19). The average molecular weight is 282 g/mol. The van der Waals surface area contributed by atoms with Crippen molar-refractivity contribution >= 4 is 29.1 Å². The first-order valence-corrected chi connectivity index (χ1v) is 6.34. The highest BCUT2D eigenvalue weighted by atomic mass is 35.5. The molecule has 0 unspecified atom stereocenters. The first-order valence-electron chi connectivity index (χ1n) is 5.96. The fourth-order valence-electron chi connectivity index (χ4n) is 2.13. The Bertz CT molecular complexity index is 543. The molecule has 1 saturated heterocycles. The normalized spacial score (nSPS) is 18.4. The average Bonchev–Trinajstić information content (AvgIpc) is 2.34. The maximum atomic E-state index is 12.0. The maximum Gasteiger partial charge on any atom is 0.251 e. The minimum atomic E-state index is -0.831. The summed E-state index contributed by atoms with van der Waals surface area (Å²) in [7, 11) is 0. The van der Waals surface area contributed by atoms with Gasteiger partial charge in [0, 0.05) is 17.3 Å². The molecule has 0 radical (unpaired) electrons. The van der Waals surface area contributed by atoms with E-state index in [1.54, 1.807) is 30.9 Å². The second kappa shape index (κ2) is 4.83. The summed E-state index contributed by atoms with van der Waals surface area (Å²) in [5, 5.41) is 2.88. The number of hydrogen-bond donors (Lipinski definition) is 2. The van der Waals surface area contributed by atoms with Crippen molar-refractivity contribution in [2.45, 2.75) is 25.9 Å². The summed E-state index contributed by atoms with van der Waals surface area (Å²) in [6, 6.07) is 5.29. The van der Waals surface area contributed by atoms with Crippen molar-refractivity contribution in [3.63, 3.8) is 0 Å². The molecular weight excluding hydrogens is 266 g/mol. The number of carbonyl (C=O) groups excluding carboxylic acids is 2. The zero-order valence-electron chi connectivity index (χ0n) is 10.9. The van der Waals surface area contributed by atoms with Crippen LogP contribution in [0.25, 0.3) is 0 Å². The van der Waals surface area contributed by atoms with E-state index in [2.05, 4.69) is 5.32 Å². The van der Waals surface area contributed by atoms with E-state index in [4.69, 9.17) is 17.3 Å². The number of imide groups is 1. The topological polar surface area (TPSA) is 75.4 Å². The molecule has 1 fully saturated rings. The molecule has 0 aromatic heterocycles. The number of benzene rings is 1. The third-order valence-corrected chi connectivity index (χ3v) is 3.58. The van der Waals surface area contributed by atoms with Crippen molar-refractivity contribution in [3.05, 3.63) is 28.8 Å². The first kappa shape index (κ1) is 13.8. The lowest BCUT2D eigenvalue weighted by molar-refractivity contribution is -0.135. The molecule has 1 aliphatic heterocycles. The fourth-order valence-corrected chi connectivity index (χ4v) is 2.30. The van der Waals surface area contributed by atoms with Gasteiger partial charge in [0.05, 0.1) is 6.54 Å². The Kier molecular flexibility index (Phi) is 3.52. The number of nitrogens with one attached hydrogen (secondary N) is 1. The molecule has 19 heavy (non-hydrogen) atoms. The van der Waals surface area contributed by atoms with Crippen LogP contribution in [0, 0.1) is 0 Å². The highest BCUT2D eigenvalue weighted by Gasteiger charge is 2.41. The van der Waals surface area contributed by atoms with E-state index in [0.717, 1.165) is 11.3 Å². The van der Waals surface area contributed by atoms with Crippen LogP contribution in [0.5, 0.6) is 0 Å². The van der Waals surface area contributed by atoms with Gasteiger partial charge in [0.2, 0.25) is 5.91 Å². The van der Waals surface area contributed by atoms with Gasteiger partial charge in [-0.15, -0.1) is 0 Å². The number of nitrogens with zero attached hydrogens (tertiary/aromatic N) is 1. The van der Waals surface area contributed by atoms with E-state index in [1.807, 2.05) is 6.07 Å². The van der Waals surface area contributed by atoms with Gasteiger partial charge >= 0.3 is 0 Å². The lowest BCUT2D eigenvalue weighted by atomic mass is 9.96. The summed E-state index contributed by atoms with van der Waals surface area (Å²) >= 11 is 6.01. The summed E-state index contributed by atoms with van der Waals surface area (Å²) in [5.74, 6) is -0.654. The Morgan fingerprint density at radius 1 is 1.42 bits per heavy atom. The molecule has 6 heteroatoms. The third kappa shape index (κ3) is 2.43. The fraction of sp³-hybridized carbons (Fsp3) is 0.385. The number of nitrogens with two attached hydrogens (primary N) is 1. The molecule has 0 aliphatic carbocycles. The molecule has 1 aromatic carbocycles. The minimum Gasteiger partial charge on any atom is -0.348 e. The van der Waals surface area contributed by atoms with E-state index in [-0.39, 0.29) is 18.4 Å². The van der Waals surface area contributed by atoms with Gasteiger partial charge in [0.25, 0.3) is 5.91 Å². The Labute approximate surface area is 116 Å². The zero-order chi connectivity index (χ0) is 14.2. The molecule has 1 aliphatic rings. The van der Waals surface area contributed by atoms with Gasteiger partial charge in [-0.25, -0.2) is 0 Å². The van der Waals surface area contributed by atoms with Gasteiger partial charge in [-0.2, -0.15) is 0 Å². The van der Waals surface area contributed by atoms with Gasteiger partial charge < -0.3 is 10.6 Å². The quantitative estimate of drug-likeness (QED) is 0.794. The molecule has 0 spiro atoms. The smallest absolute Gasteiger partial charge is 0.251 e. The van der Waals surface area contributed by atoms with Crippen LogP contribution in [-0.2, 0) is 16.1 Å². The van der Waals surface area contributed by atoms with Gasteiger partial charge in [0.15, 0.2) is 0 Å². The Hall–Kier alpha value is -1.59. The lowest BCUT2D eigenvalue weighted by Gasteiger charge is -2.42. The third-order valence-electron chi connectivity index (χ3n) is 3.34. The summed E-state index contributed by atoms with van der Waals surface area (Å²) in [6.45, 7) is 3.94. The largest absolute Gasteiger partial charge is 0.348 e. The molecule has 2 amide bonds. The molecule has 1 heterocycles. The van der Waals surface area contributed by atoms with Gasteiger partial charge in [-0.1, -0.05) is 17.7 Å². The first-order chi connectivity index (χ1) is 8.86. The molecule has 2 rings (SSSR count). The minimum absolute atomic E-state index is 0.103. The highest BCUT2D eigenvalue weighted by molar-refractivity contribution is 6.31. The predicted octanol–water partition coefficient (Wildman–Crippen LogP) is 1.04. The second-order valence-corrected chi connectivity index (χ2v) is 5.44. The monoisotopic (exact) mass is 281 g/mol. The van der Waals surface area contributed by atoms with Crippen LogP contribution in [0.2, 0.25) is 5.02 Å². The molecule has 0 saturated carbocycles. The van der Waals surface area contributed by atoms with Crippen LogP contribution in [0.15, 0.2) is 18.2 Å². The summed E-state index contributed by atoms with van der Waals surface area (Å²) in [5.41, 5.74) is 6.45. The molecular formula is C13H16ClN3O2. The SMILES string of the molecule is CC1(C)C(=O)NC(=O)CN1c1cc(Cl)ccc1CN. The summed E-state index contributed by atoms with van der Waals surface area (Å²) in [4.78, 5) is 25.3. The zero-order valence-corrected chi connectivity index (χ0v) is 11.6. The molecule has 0 bridgehead atoms. The number of amides is 2. The van der Waals surface area contributed by atoms with Crippen LogP contribution < -0.4 is 16.0 Å². The van der Waals surface area contributed by atoms with Crippen molar-refractivity contribution in [1.82, 2.24) is 5.32 Å². The van der Waals surface area contributed by atoms with Crippen LogP contribution >= 0.6 is 11.6 Å². The van der Waals surface area contributed by atoms with E-state index in [0.29, 0.717) is 11.6 Å². The van der Waals surface area contributed by atoms with E-state index in [1.165, 1.54) is 0 Å². The highest BCUT2D eigenvalue weighted by Crippen LogP contribution is 2.31. The predicted molar refractivity (Wildman–Crippen MR) is 73.9 cm³/mol.